The summed E-state index contributed by atoms with van der Waals surface area (Å²) in [5.74, 6) is 1.34. The number of aliphatic hydroxyl groups is 1. The van der Waals surface area contributed by atoms with Gasteiger partial charge in [0.2, 0.25) is 0 Å². The average molecular weight is 374 g/mol. The number of rotatable bonds is 4. The van der Waals surface area contributed by atoms with Crippen LogP contribution in [0.2, 0.25) is 0 Å². The van der Waals surface area contributed by atoms with Gasteiger partial charge in [0, 0.05) is 12.3 Å². The van der Waals surface area contributed by atoms with Crippen molar-refractivity contribution < 1.29 is 5.11 Å². The maximum atomic E-state index is 10.5. The lowest BCUT2D eigenvalue weighted by Crippen LogP contribution is -2.23. The molecule has 1 aromatic heterocycles. The highest BCUT2D eigenvalue weighted by Crippen LogP contribution is 2.44. The first-order valence-electron chi connectivity index (χ1n) is 8.26. The molecule has 1 saturated carbocycles. The number of aliphatic hydroxyl groups excluding tert-OH is 1. The van der Waals surface area contributed by atoms with Crippen molar-refractivity contribution in [2.75, 3.05) is 5.32 Å². The molecule has 0 aliphatic heterocycles. The zero-order valence-electron chi connectivity index (χ0n) is 13.1. The van der Waals surface area contributed by atoms with E-state index in [1.54, 1.807) is 0 Å². The first-order chi connectivity index (χ1) is 11.2. The summed E-state index contributed by atoms with van der Waals surface area (Å²) in [6, 6.07) is 8.12. The minimum atomic E-state index is -0.421. The highest BCUT2D eigenvalue weighted by molar-refractivity contribution is 9.10. The molecule has 1 heterocycles. The molecule has 23 heavy (non-hydrogen) atoms. The van der Waals surface area contributed by atoms with Crippen molar-refractivity contribution in [3.8, 4) is 0 Å². The molecule has 0 radical (unpaired) electrons. The van der Waals surface area contributed by atoms with Crippen molar-refractivity contribution in [1.29, 1.82) is 0 Å². The SMILES string of the molecule is CCc1nc(NC2c3ccccc3CC2O)c(C2CC2)nc1Br. The molecule has 1 fully saturated rings. The second-order valence-electron chi connectivity index (χ2n) is 6.42. The fraction of sp³-hybridized carbons (Fsp3) is 0.444. The van der Waals surface area contributed by atoms with Crippen LogP contribution in [0.4, 0.5) is 5.82 Å². The van der Waals surface area contributed by atoms with Crippen molar-refractivity contribution in [2.24, 2.45) is 0 Å². The molecule has 2 unspecified atom stereocenters. The zero-order valence-corrected chi connectivity index (χ0v) is 14.7. The minimum Gasteiger partial charge on any atom is -0.390 e. The summed E-state index contributed by atoms with van der Waals surface area (Å²) >= 11 is 3.54. The number of hydrogen-bond donors (Lipinski definition) is 2. The van der Waals surface area contributed by atoms with Crippen LogP contribution in [0.3, 0.4) is 0 Å². The standard InChI is InChI=1S/C18H20BrN3O/c1-2-13-17(19)21-15(10-7-8-10)18(20-13)22-16-12-6-4-3-5-11(12)9-14(16)23/h3-6,10,14,16,23H,2,7-9H2,1H3,(H,20,22). The summed E-state index contributed by atoms with van der Waals surface area (Å²) in [6.07, 6.45) is 3.44. The molecule has 5 heteroatoms. The van der Waals surface area contributed by atoms with Gasteiger partial charge in [0.25, 0.3) is 0 Å². The summed E-state index contributed by atoms with van der Waals surface area (Å²) in [5.41, 5.74) is 4.37. The van der Waals surface area contributed by atoms with Crippen LogP contribution in [0.5, 0.6) is 0 Å². The van der Waals surface area contributed by atoms with E-state index in [1.807, 2.05) is 12.1 Å². The molecule has 0 amide bonds. The Morgan fingerprint density at radius 2 is 2.04 bits per heavy atom. The van der Waals surface area contributed by atoms with Crippen LogP contribution < -0.4 is 5.32 Å². The van der Waals surface area contributed by atoms with E-state index in [0.29, 0.717) is 12.3 Å². The predicted octanol–water partition coefficient (Wildman–Crippen LogP) is 3.75. The van der Waals surface area contributed by atoms with E-state index < -0.39 is 6.10 Å². The maximum Gasteiger partial charge on any atom is 0.149 e. The van der Waals surface area contributed by atoms with Gasteiger partial charge >= 0.3 is 0 Å². The van der Waals surface area contributed by atoms with Crippen LogP contribution in [-0.2, 0) is 12.8 Å². The Balaban J connectivity index is 1.71. The van der Waals surface area contributed by atoms with E-state index in [1.165, 1.54) is 24.0 Å². The Labute approximate surface area is 144 Å². The number of fused-ring (bicyclic) bond motifs is 1. The van der Waals surface area contributed by atoms with Crippen molar-refractivity contribution >= 4 is 21.7 Å². The van der Waals surface area contributed by atoms with Gasteiger partial charge in [-0.1, -0.05) is 31.2 Å². The van der Waals surface area contributed by atoms with Gasteiger partial charge in [0.05, 0.1) is 23.5 Å². The van der Waals surface area contributed by atoms with E-state index >= 15 is 0 Å². The molecule has 120 valence electrons. The van der Waals surface area contributed by atoms with E-state index in [0.717, 1.165) is 28.2 Å². The van der Waals surface area contributed by atoms with E-state index in [2.05, 4.69) is 40.3 Å². The number of hydrogen-bond acceptors (Lipinski definition) is 4. The Morgan fingerprint density at radius 1 is 1.26 bits per heavy atom. The Kier molecular flexibility index (Phi) is 3.85. The summed E-state index contributed by atoms with van der Waals surface area (Å²) in [6.45, 7) is 2.08. The Hall–Kier alpha value is -1.46. The predicted molar refractivity (Wildman–Crippen MR) is 93.6 cm³/mol. The second-order valence-corrected chi connectivity index (χ2v) is 7.17. The van der Waals surface area contributed by atoms with E-state index in [-0.39, 0.29) is 6.04 Å². The molecule has 4 rings (SSSR count). The number of aromatic nitrogens is 2. The van der Waals surface area contributed by atoms with Crippen molar-refractivity contribution in [3.63, 3.8) is 0 Å². The molecule has 0 bridgehead atoms. The third-order valence-corrected chi connectivity index (χ3v) is 5.38. The van der Waals surface area contributed by atoms with Gasteiger partial charge in [-0.05, 0) is 46.3 Å². The lowest BCUT2D eigenvalue weighted by molar-refractivity contribution is 0.165. The fourth-order valence-electron chi connectivity index (χ4n) is 3.33. The lowest BCUT2D eigenvalue weighted by atomic mass is 10.1. The average Bonchev–Trinajstić information content (AvgIpc) is 3.34. The van der Waals surface area contributed by atoms with Gasteiger partial charge in [-0.15, -0.1) is 0 Å². The zero-order chi connectivity index (χ0) is 16.0. The number of aryl methyl sites for hydroxylation is 1. The summed E-state index contributed by atoms with van der Waals surface area (Å²) in [7, 11) is 0. The number of benzene rings is 1. The van der Waals surface area contributed by atoms with Crippen molar-refractivity contribution in [3.05, 3.63) is 51.4 Å². The molecule has 1 aromatic carbocycles. The molecule has 2 aromatic rings. The van der Waals surface area contributed by atoms with Crippen LogP contribution in [0.15, 0.2) is 28.9 Å². The van der Waals surface area contributed by atoms with Gasteiger partial charge < -0.3 is 10.4 Å². The van der Waals surface area contributed by atoms with Gasteiger partial charge in [-0.25, -0.2) is 9.97 Å². The van der Waals surface area contributed by atoms with Crippen LogP contribution in [0.25, 0.3) is 0 Å². The number of anilines is 1. The molecule has 0 saturated heterocycles. The molecular formula is C18H20BrN3O. The largest absolute Gasteiger partial charge is 0.390 e. The lowest BCUT2D eigenvalue weighted by Gasteiger charge is -2.21. The molecule has 0 spiro atoms. The number of halogens is 1. The van der Waals surface area contributed by atoms with Crippen LogP contribution in [0.1, 0.15) is 54.2 Å². The van der Waals surface area contributed by atoms with Crippen LogP contribution >= 0.6 is 15.9 Å². The van der Waals surface area contributed by atoms with Gasteiger partial charge in [0.15, 0.2) is 0 Å². The third kappa shape index (κ3) is 2.76. The molecule has 2 atom stereocenters. The quantitative estimate of drug-likeness (QED) is 0.856. The highest BCUT2D eigenvalue weighted by Gasteiger charge is 2.34. The Morgan fingerprint density at radius 3 is 2.78 bits per heavy atom. The minimum absolute atomic E-state index is 0.108. The summed E-state index contributed by atoms with van der Waals surface area (Å²) in [5, 5.41) is 14.0. The number of nitrogens with zero attached hydrogens (tertiary/aromatic N) is 2. The topological polar surface area (TPSA) is 58.0 Å². The fourth-order valence-corrected chi connectivity index (χ4v) is 3.89. The van der Waals surface area contributed by atoms with E-state index in [4.69, 9.17) is 9.97 Å². The van der Waals surface area contributed by atoms with Gasteiger partial charge in [-0.3, -0.25) is 0 Å². The van der Waals surface area contributed by atoms with Crippen molar-refractivity contribution in [2.45, 2.75) is 50.7 Å². The maximum absolute atomic E-state index is 10.5. The molecule has 2 aliphatic rings. The first kappa shape index (κ1) is 15.1. The highest BCUT2D eigenvalue weighted by atomic mass is 79.9. The second kappa shape index (κ2) is 5.87. The summed E-state index contributed by atoms with van der Waals surface area (Å²) < 4.78 is 0.847. The number of nitrogens with one attached hydrogen (secondary N) is 1. The third-order valence-electron chi connectivity index (χ3n) is 4.74. The van der Waals surface area contributed by atoms with Gasteiger partial charge in [-0.2, -0.15) is 0 Å². The first-order valence-corrected chi connectivity index (χ1v) is 9.05. The van der Waals surface area contributed by atoms with E-state index in [9.17, 15) is 5.11 Å². The van der Waals surface area contributed by atoms with Gasteiger partial charge in [0.1, 0.15) is 10.4 Å². The Bertz CT molecular complexity index is 745. The van der Waals surface area contributed by atoms with Crippen molar-refractivity contribution in [1.82, 2.24) is 9.97 Å². The molecule has 2 aliphatic carbocycles. The summed E-state index contributed by atoms with van der Waals surface area (Å²) in [4.78, 5) is 9.53. The monoisotopic (exact) mass is 373 g/mol. The molecular weight excluding hydrogens is 354 g/mol. The molecule has 2 N–H and O–H groups in total. The molecule has 4 nitrogen and oxygen atoms in total. The smallest absolute Gasteiger partial charge is 0.149 e. The normalized spacial score (nSPS) is 22.9. The van der Waals surface area contributed by atoms with Crippen LogP contribution in [0, 0.1) is 0 Å². The van der Waals surface area contributed by atoms with Crippen LogP contribution in [-0.4, -0.2) is 21.2 Å².